The summed E-state index contributed by atoms with van der Waals surface area (Å²) in [6.45, 7) is 3.21. The van der Waals surface area contributed by atoms with Crippen LogP contribution in [0.5, 0.6) is 0 Å². The summed E-state index contributed by atoms with van der Waals surface area (Å²) in [5.74, 6) is -0.964. The minimum atomic E-state index is -4.00. The molecular weight excluding hydrogens is 606 g/mol. The number of hydrogen-bond acceptors (Lipinski definition) is 4. The number of nitrogens with one attached hydrogen (secondary N) is 1. The summed E-state index contributed by atoms with van der Waals surface area (Å²) < 4.78 is 44.8. The first-order chi connectivity index (χ1) is 17.7. The van der Waals surface area contributed by atoms with Gasteiger partial charge in [0.2, 0.25) is 0 Å². The molecule has 0 aliphatic carbocycles. The van der Waals surface area contributed by atoms with Crippen molar-refractivity contribution in [3.8, 4) is 5.69 Å². The van der Waals surface area contributed by atoms with Crippen LogP contribution in [0, 0.1) is 23.2 Å². The number of hydrogen-bond donors (Lipinski definition) is 1. The van der Waals surface area contributed by atoms with E-state index in [1.807, 2.05) is 19.9 Å². The molecule has 0 saturated carbocycles. The quantitative estimate of drug-likeness (QED) is 0.166. The fourth-order valence-corrected chi connectivity index (χ4v) is 5.71. The molecule has 4 aromatic rings. The number of hydrazone groups is 1. The third-order valence-corrected chi connectivity index (χ3v) is 8.20. The van der Waals surface area contributed by atoms with E-state index in [1.54, 1.807) is 65.2 Å². The van der Waals surface area contributed by atoms with Crippen LogP contribution in [-0.2, 0) is 14.8 Å². The molecule has 4 rings (SSSR count). The Morgan fingerprint density at radius 3 is 2.35 bits per heavy atom. The van der Waals surface area contributed by atoms with Gasteiger partial charge in [0.25, 0.3) is 15.9 Å². The molecule has 1 N–H and O–H groups in total. The zero-order chi connectivity index (χ0) is 26.6. The third kappa shape index (κ3) is 5.91. The van der Waals surface area contributed by atoms with Gasteiger partial charge in [0, 0.05) is 20.5 Å². The number of amides is 1. The van der Waals surface area contributed by atoms with Crippen LogP contribution in [-0.4, -0.2) is 31.7 Å². The zero-order valence-electron chi connectivity index (χ0n) is 20.1. The van der Waals surface area contributed by atoms with E-state index in [0.29, 0.717) is 16.9 Å². The predicted molar refractivity (Wildman–Crippen MR) is 151 cm³/mol. The second kappa shape index (κ2) is 11.3. The van der Waals surface area contributed by atoms with E-state index < -0.39 is 22.5 Å². The Bertz CT molecular complexity index is 1550. The van der Waals surface area contributed by atoms with Crippen LogP contribution in [0.15, 0.2) is 94.9 Å². The van der Waals surface area contributed by atoms with Crippen molar-refractivity contribution >= 4 is 50.4 Å². The maximum absolute atomic E-state index is 14.3. The van der Waals surface area contributed by atoms with Crippen LogP contribution in [0.25, 0.3) is 5.69 Å². The molecule has 3 aromatic carbocycles. The average Bonchev–Trinajstić information content (AvgIpc) is 3.16. The van der Waals surface area contributed by atoms with E-state index >= 15 is 0 Å². The Morgan fingerprint density at radius 2 is 1.68 bits per heavy atom. The highest BCUT2D eigenvalue weighted by Crippen LogP contribution is 2.25. The lowest BCUT2D eigenvalue weighted by Gasteiger charge is -2.23. The van der Waals surface area contributed by atoms with E-state index in [2.05, 4.69) is 33.1 Å². The van der Waals surface area contributed by atoms with Crippen molar-refractivity contribution in [2.24, 2.45) is 5.10 Å². The van der Waals surface area contributed by atoms with Crippen molar-refractivity contribution in [2.45, 2.75) is 18.7 Å². The summed E-state index contributed by atoms with van der Waals surface area (Å²) >= 11 is 2.12. The van der Waals surface area contributed by atoms with Crippen LogP contribution >= 0.6 is 22.6 Å². The fraction of sp³-hybridized carbons (Fsp3) is 0.111. The van der Waals surface area contributed by atoms with Crippen LogP contribution in [0.2, 0.25) is 0 Å². The molecule has 0 unspecified atom stereocenters. The largest absolute Gasteiger partial charge is 0.315 e. The molecule has 1 aromatic heterocycles. The number of carbonyl (C=O) groups excluding carboxylic acids is 1. The van der Waals surface area contributed by atoms with Gasteiger partial charge in [0.05, 0.1) is 22.5 Å². The molecule has 0 spiro atoms. The number of halogens is 2. The summed E-state index contributed by atoms with van der Waals surface area (Å²) in [6, 6.07) is 23.1. The topological polar surface area (TPSA) is 83.8 Å². The van der Waals surface area contributed by atoms with E-state index in [1.165, 1.54) is 24.4 Å². The number of rotatable bonds is 8. The Morgan fingerprint density at radius 1 is 1.03 bits per heavy atom. The highest BCUT2D eigenvalue weighted by Gasteiger charge is 2.27. The monoisotopic (exact) mass is 630 g/mol. The summed E-state index contributed by atoms with van der Waals surface area (Å²) in [6.07, 6.45) is 1.46. The van der Waals surface area contributed by atoms with Gasteiger partial charge in [-0.1, -0.05) is 30.3 Å². The maximum Gasteiger partial charge on any atom is 0.264 e. The SMILES string of the molecule is Cc1cc(/C=N\NC(=O)CN(c2ccc(I)cc2)S(=O)(=O)c2ccccc2)c(C)n1-c1ccccc1F. The van der Waals surface area contributed by atoms with Crippen LogP contribution in [0.4, 0.5) is 10.1 Å². The van der Waals surface area contributed by atoms with Gasteiger partial charge in [-0.05, 0) is 91.0 Å². The van der Waals surface area contributed by atoms with Crippen LogP contribution in [0.1, 0.15) is 17.0 Å². The molecular formula is C27H24FIN4O3S. The summed E-state index contributed by atoms with van der Waals surface area (Å²) in [5.41, 5.74) is 5.42. The standard InChI is InChI=1S/C27H24FIN4O3S/c1-19-16-21(20(2)33(19)26-11-7-6-10-25(26)28)17-30-31-27(34)18-32(23-14-12-22(29)13-15-23)37(35,36)24-8-4-3-5-9-24/h3-17H,18H2,1-2H3,(H,31,34)/b30-17-. The smallest absolute Gasteiger partial charge is 0.264 e. The number of aryl methyl sites for hydroxylation is 1. The van der Waals surface area contributed by atoms with Gasteiger partial charge in [-0.2, -0.15) is 5.10 Å². The predicted octanol–water partition coefficient (Wildman–Crippen LogP) is 5.18. The molecule has 7 nitrogen and oxygen atoms in total. The second-order valence-electron chi connectivity index (χ2n) is 8.21. The lowest BCUT2D eigenvalue weighted by molar-refractivity contribution is -0.119. The van der Waals surface area contributed by atoms with Gasteiger partial charge >= 0.3 is 0 Å². The van der Waals surface area contributed by atoms with Gasteiger partial charge in [-0.25, -0.2) is 18.2 Å². The molecule has 10 heteroatoms. The number of anilines is 1. The highest BCUT2D eigenvalue weighted by atomic mass is 127. The third-order valence-electron chi connectivity index (χ3n) is 5.69. The maximum atomic E-state index is 14.3. The molecule has 1 amide bonds. The molecule has 0 bridgehead atoms. The van der Waals surface area contributed by atoms with Gasteiger partial charge in [-0.15, -0.1) is 0 Å². The van der Waals surface area contributed by atoms with E-state index in [0.717, 1.165) is 19.3 Å². The van der Waals surface area contributed by atoms with Crippen molar-refractivity contribution in [1.29, 1.82) is 0 Å². The lowest BCUT2D eigenvalue weighted by Crippen LogP contribution is -2.39. The number of carbonyl (C=O) groups is 1. The van der Waals surface area contributed by atoms with Crippen LogP contribution < -0.4 is 9.73 Å². The normalized spacial score (nSPS) is 11.6. The second-order valence-corrected chi connectivity index (χ2v) is 11.3. The molecule has 0 radical (unpaired) electrons. The van der Waals surface area contributed by atoms with Crippen LogP contribution in [0.3, 0.4) is 0 Å². The van der Waals surface area contributed by atoms with E-state index in [-0.39, 0.29) is 10.7 Å². The number of sulfonamides is 1. The molecule has 0 saturated heterocycles. The first kappa shape index (κ1) is 26.6. The summed E-state index contributed by atoms with van der Waals surface area (Å²) in [4.78, 5) is 12.9. The minimum absolute atomic E-state index is 0.0745. The zero-order valence-corrected chi connectivity index (χ0v) is 23.1. The Labute approximate surface area is 228 Å². The number of benzene rings is 3. The Kier molecular flexibility index (Phi) is 8.08. The van der Waals surface area contributed by atoms with Gasteiger partial charge in [0.1, 0.15) is 12.4 Å². The average molecular weight is 630 g/mol. The molecule has 1 heterocycles. The number of aromatic nitrogens is 1. The van der Waals surface area contributed by atoms with E-state index in [9.17, 15) is 17.6 Å². The van der Waals surface area contributed by atoms with Crippen molar-refractivity contribution in [3.63, 3.8) is 0 Å². The molecule has 0 aliphatic rings. The molecule has 37 heavy (non-hydrogen) atoms. The van der Waals surface area contributed by atoms with Crippen molar-refractivity contribution in [1.82, 2.24) is 9.99 Å². The first-order valence-corrected chi connectivity index (χ1v) is 13.8. The van der Waals surface area contributed by atoms with E-state index in [4.69, 9.17) is 0 Å². The minimum Gasteiger partial charge on any atom is -0.315 e. The molecule has 190 valence electrons. The Balaban J connectivity index is 1.55. The van der Waals surface area contributed by atoms with Crippen molar-refractivity contribution in [3.05, 3.63) is 111 Å². The molecule has 0 fully saturated rings. The summed E-state index contributed by atoms with van der Waals surface area (Å²) in [7, 11) is -4.00. The van der Waals surface area contributed by atoms with Gasteiger partial charge < -0.3 is 4.57 Å². The Hall–Kier alpha value is -3.51. The number of nitrogens with zero attached hydrogens (tertiary/aromatic N) is 3. The lowest BCUT2D eigenvalue weighted by atomic mass is 10.2. The van der Waals surface area contributed by atoms with Gasteiger partial charge in [0.15, 0.2) is 0 Å². The first-order valence-electron chi connectivity index (χ1n) is 11.3. The van der Waals surface area contributed by atoms with Gasteiger partial charge in [-0.3, -0.25) is 9.10 Å². The number of para-hydroxylation sites is 1. The molecule has 0 atom stereocenters. The molecule has 0 aliphatic heterocycles. The highest BCUT2D eigenvalue weighted by molar-refractivity contribution is 14.1. The fourth-order valence-electron chi connectivity index (χ4n) is 3.90. The van der Waals surface area contributed by atoms with Crippen molar-refractivity contribution < 1.29 is 17.6 Å². The van der Waals surface area contributed by atoms with Crippen molar-refractivity contribution in [2.75, 3.05) is 10.8 Å². The summed E-state index contributed by atoms with van der Waals surface area (Å²) in [5, 5.41) is 4.03.